The molecule has 0 bridgehead atoms. The summed E-state index contributed by atoms with van der Waals surface area (Å²) in [6.45, 7) is 3.84. The second-order valence-corrected chi connectivity index (χ2v) is 2.82. The van der Waals surface area contributed by atoms with Crippen molar-refractivity contribution in [1.82, 2.24) is 5.32 Å². The van der Waals surface area contributed by atoms with Crippen LogP contribution < -0.4 is 5.32 Å². The third-order valence-corrected chi connectivity index (χ3v) is 1.87. The summed E-state index contributed by atoms with van der Waals surface area (Å²) < 4.78 is 0. The molecule has 4 nitrogen and oxygen atoms in total. The van der Waals surface area contributed by atoms with E-state index in [1.807, 2.05) is 0 Å². The quantitative estimate of drug-likeness (QED) is 0.582. The van der Waals surface area contributed by atoms with Gasteiger partial charge in [-0.05, 0) is 6.42 Å². The number of nitrogens with one attached hydrogen (secondary N) is 1. The van der Waals surface area contributed by atoms with Crippen molar-refractivity contribution in [2.24, 2.45) is 11.8 Å². The van der Waals surface area contributed by atoms with Crippen molar-refractivity contribution >= 4 is 11.9 Å². The number of carboxylic acid groups (broad SMARTS) is 1. The lowest BCUT2D eigenvalue weighted by molar-refractivity contribution is -0.140. The Bertz CT molecular complexity index is 224. The molecule has 1 saturated carbocycles. The third kappa shape index (κ3) is 1.84. The van der Waals surface area contributed by atoms with Gasteiger partial charge in [0.25, 0.3) is 0 Å². The van der Waals surface area contributed by atoms with Gasteiger partial charge in [0.05, 0.1) is 11.8 Å². The van der Waals surface area contributed by atoms with Gasteiger partial charge < -0.3 is 10.4 Å². The first-order valence-electron chi connectivity index (χ1n) is 3.78. The van der Waals surface area contributed by atoms with Crippen LogP contribution >= 0.6 is 0 Å². The Morgan fingerprint density at radius 3 is 2.67 bits per heavy atom. The molecule has 66 valence electrons. The van der Waals surface area contributed by atoms with Crippen molar-refractivity contribution in [3.05, 3.63) is 12.7 Å². The van der Waals surface area contributed by atoms with Gasteiger partial charge in [0, 0.05) is 6.54 Å². The van der Waals surface area contributed by atoms with E-state index in [9.17, 15) is 9.59 Å². The average Bonchev–Trinajstić information content (AvgIpc) is 2.78. The number of carboxylic acids is 1. The maximum atomic E-state index is 11.1. The van der Waals surface area contributed by atoms with E-state index in [1.54, 1.807) is 6.08 Å². The molecule has 0 aromatic rings. The van der Waals surface area contributed by atoms with Gasteiger partial charge in [-0.3, -0.25) is 9.59 Å². The fourth-order valence-corrected chi connectivity index (χ4v) is 1.06. The van der Waals surface area contributed by atoms with Crippen LogP contribution in [0.4, 0.5) is 0 Å². The predicted molar refractivity (Wildman–Crippen MR) is 42.4 cm³/mol. The zero-order valence-corrected chi connectivity index (χ0v) is 6.62. The average molecular weight is 169 g/mol. The molecule has 0 aliphatic heterocycles. The second kappa shape index (κ2) is 3.38. The Morgan fingerprint density at radius 1 is 1.58 bits per heavy atom. The molecule has 1 aliphatic carbocycles. The van der Waals surface area contributed by atoms with E-state index in [2.05, 4.69) is 11.9 Å². The molecule has 1 fully saturated rings. The normalized spacial score (nSPS) is 26.0. The molecule has 12 heavy (non-hydrogen) atoms. The lowest BCUT2D eigenvalue weighted by Crippen LogP contribution is -2.26. The van der Waals surface area contributed by atoms with Gasteiger partial charge in [0.2, 0.25) is 5.91 Å². The van der Waals surface area contributed by atoms with Crippen molar-refractivity contribution in [2.45, 2.75) is 6.42 Å². The fraction of sp³-hybridized carbons (Fsp3) is 0.500. The lowest BCUT2D eigenvalue weighted by Gasteiger charge is -1.98. The number of carbonyl (C=O) groups excluding carboxylic acids is 1. The number of carbonyl (C=O) groups is 2. The summed E-state index contributed by atoms with van der Waals surface area (Å²) in [5.74, 6) is -1.84. The van der Waals surface area contributed by atoms with Crippen LogP contribution in [-0.4, -0.2) is 23.5 Å². The molecule has 2 atom stereocenters. The summed E-state index contributed by atoms with van der Waals surface area (Å²) in [5, 5.41) is 11.1. The van der Waals surface area contributed by atoms with E-state index in [4.69, 9.17) is 5.11 Å². The molecule has 0 aromatic carbocycles. The molecule has 0 heterocycles. The van der Waals surface area contributed by atoms with Gasteiger partial charge in [-0.1, -0.05) is 6.08 Å². The number of aliphatic carboxylic acids is 1. The Hall–Kier alpha value is -1.32. The van der Waals surface area contributed by atoms with Crippen LogP contribution in [0.25, 0.3) is 0 Å². The number of hydrogen-bond donors (Lipinski definition) is 2. The standard InChI is InChI=1S/C8H11NO3/c1-2-3-9-7(10)5-4-6(5)8(11)12/h2,5-6H,1,3-4H2,(H,9,10)(H,11,12)/t5-,6+/m1/s1. The minimum Gasteiger partial charge on any atom is -0.481 e. The van der Waals surface area contributed by atoms with E-state index in [0.29, 0.717) is 13.0 Å². The van der Waals surface area contributed by atoms with Gasteiger partial charge in [-0.2, -0.15) is 0 Å². The highest BCUT2D eigenvalue weighted by atomic mass is 16.4. The van der Waals surface area contributed by atoms with Crippen LogP contribution in [0.15, 0.2) is 12.7 Å². The maximum Gasteiger partial charge on any atom is 0.307 e. The highest BCUT2D eigenvalue weighted by Gasteiger charge is 2.47. The van der Waals surface area contributed by atoms with E-state index in [-0.39, 0.29) is 11.8 Å². The van der Waals surface area contributed by atoms with Crippen LogP contribution in [0.3, 0.4) is 0 Å². The molecule has 1 aliphatic rings. The van der Waals surface area contributed by atoms with E-state index >= 15 is 0 Å². The summed E-state index contributed by atoms with van der Waals surface area (Å²) >= 11 is 0. The van der Waals surface area contributed by atoms with Gasteiger partial charge in [-0.25, -0.2) is 0 Å². The van der Waals surface area contributed by atoms with Gasteiger partial charge in [-0.15, -0.1) is 6.58 Å². The van der Waals surface area contributed by atoms with Crippen LogP contribution in [-0.2, 0) is 9.59 Å². The fourth-order valence-electron chi connectivity index (χ4n) is 1.06. The zero-order chi connectivity index (χ0) is 9.14. The zero-order valence-electron chi connectivity index (χ0n) is 6.62. The number of amides is 1. The molecule has 1 rings (SSSR count). The first-order chi connectivity index (χ1) is 5.66. The minimum atomic E-state index is -0.881. The first kappa shape index (κ1) is 8.77. The van der Waals surface area contributed by atoms with Crippen molar-refractivity contribution in [3.63, 3.8) is 0 Å². The molecule has 0 aromatic heterocycles. The molecule has 2 N–H and O–H groups in total. The molecule has 0 saturated heterocycles. The van der Waals surface area contributed by atoms with Crippen molar-refractivity contribution in [1.29, 1.82) is 0 Å². The van der Waals surface area contributed by atoms with E-state index in [0.717, 1.165) is 0 Å². The summed E-state index contributed by atoms with van der Waals surface area (Å²) in [5.41, 5.74) is 0. The van der Waals surface area contributed by atoms with Crippen LogP contribution in [0.5, 0.6) is 0 Å². The second-order valence-electron chi connectivity index (χ2n) is 2.82. The highest BCUT2D eigenvalue weighted by Crippen LogP contribution is 2.38. The van der Waals surface area contributed by atoms with Crippen molar-refractivity contribution in [2.75, 3.05) is 6.54 Å². The first-order valence-corrected chi connectivity index (χ1v) is 3.78. The molecule has 0 spiro atoms. The number of rotatable bonds is 4. The van der Waals surface area contributed by atoms with E-state index < -0.39 is 11.9 Å². The highest BCUT2D eigenvalue weighted by molar-refractivity contribution is 5.89. The van der Waals surface area contributed by atoms with Gasteiger partial charge in [0.1, 0.15) is 0 Å². The van der Waals surface area contributed by atoms with Crippen LogP contribution in [0.2, 0.25) is 0 Å². The predicted octanol–water partition coefficient (Wildman–Crippen LogP) is 0.00930. The molecule has 1 amide bonds. The third-order valence-electron chi connectivity index (χ3n) is 1.87. The lowest BCUT2D eigenvalue weighted by atomic mass is 10.3. The van der Waals surface area contributed by atoms with Crippen LogP contribution in [0, 0.1) is 11.8 Å². The Balaban J connectivity index is 2.28. The molecular formula is C8H11NO3. The topological polar surface area (TPSA) is 66.4 Å². The largest absolute Gasteiger partial charge is 0.481 e. The summed E-state index contributed by atoms with van der Waals surface area (Å²) in [4.78, 5) is 21.4. The number of hydrogen-bond acceptors (Lipinski definition) is 2. The molecule has 0 unspecified atom stereocenters. The Labute approximate surface area is 70.3 Å². The van der Waals surface area contributed by atoms with Gasteiger partial charge >= 0.3 is 5.97 Å². The monoisotopic (exact) mass is 169 g/mol. The maximum absolute atomic E-state index is 11.1. The molecular weight excluding hydrogens is 158 g/mol. The summed E-state index contributed by atoms with van der Waals surface area (Å²) in [7, 11) is 0. The van der Waals surface area contributed by atoms with Crippen molar-refractivity contribution < 1.29 is 14.7 Å². The minimum absolute atomic E-state index is 0.178. The summed E-state index contributed by atoms with van der Waals surface area (Å²) in [6, 6.07) is 0. The van der Waals surface area contributed by atoms with Gasteiger partial charge in [0.15, 0.2) is 0 Å². The Morgan fingerprint density at radius 2 is 2.25 bits per heavy atom. The van der Waals surface area contributed by atoms with E-state index in [1.165, 1.54) is 0 Å². The van der Waals surface area contributed by atoms with Crippen molar-refractivity contribution in [3.8, 4) is 0 Å². The Kier molecular flexibility index (Phi) is 2.47. The molecule has 4 heteroatoms. The smallest absolute Gasteiger partial charge is 0.307 e. The van der Waals surface area contributed by atoms with Crippen LogP contribution in [0.1, 0.15) is 6.42 Å². The summed E-state index contributed by atoms with van der Waals surface area (Å²) in [6.07, 6.45) is 2.04. The SMILES string of the molecule is C=CCNC(=O)[C@@H]1C[C@@H]1C(=O)O. The molecule has 0 radical (unpaired) electrons.